The number of aromatic nitrogens is 1. The molecular formula is C15H20N2OS. The topological polar surface area (TPSA) is 38.1 Å². The molecule has 0 aliphatic rings. The molecule has 2 aromatic rings. The zero-order valence-electron chi connectivity index (χ0n) is 11.6. The number of furan rings is 1. The molecule has 1 atom stereocenters. The van der Waals surface area contributed by atoms with Gasteiger partial charge in [-0.25, -0.2) is 0 Å². The minimum absolute atomic E-state index is 0.301. The highest BCUT2D eigenvalue weighted by Crippen LogP contribution is 2.30. The fourth-order valence-electron chi connectivity index (χ4n) is 1.78. The number of pyridine rings is 1. The summed E-state index contributed by atoms with van der Waals surface area (Å²) in [5.41, 5.74) is 1.08. The van der Waals surface area contributed by atoms with Crippen LogP contribution in [-0.4, -0.2) is 11.5 Å². The molecule has 0 aliphatic carbocycles. The van der Waals surface area contributed by atoms with Gasteiger partial charge in [0.2, 0.25) is 0 Å². The first-order valence-corrected chi connectivity index (χ1v) is 7.43. The molecular weight excluding hydrogens is 256 g/mol. The fourth-order valence-corrected chi connectivity index (χ4v) is 2.59. The molecule has 2 rings (SSSR count). The van der Waals surface area contributed by atoms with Crippen molar-refractivity contribution in [3.63, 3.8) is 0 Å². The highest BCUT2D eigenvalue weighted by Gasteiger charge is 2.07. The Morgan fingerprint density at radius 1 is 1.37 bits per heavy atom. The van der Waals surface area contributed by atoms with Crippen molar-refractivity contribution in [3.8, 4) is 0 Å². The molecule has 0 spiro atoms. The predicted octanol–water partition coefficient (Wildman–Crippen LogP) is 4.19. The number of rotatable bonds is 6. The van der Waals surface area contributed by atoms with E-state index in [1.165, 1.54) is 0 Å². The quantitative estimate of drug-likeness (QED) is 0.858. The Morgan fingerprint density at radius 3 is 2.79 bits per heavy atom. The first-order chi connectivity index (χ1) is 9.20. The maximum absolute atomic E-state index is 5.29. The molecule has 2 heterocycles. The normalized spacial score (nSPS) is 12.6. The maximum Gasteiger partial charge on any atom is 0.114 e. The van der Waals surface area contributed by atoms with E-state index in [4.69, 9.17) is 4.42 Å². The van der Waals surface area contributed by atoms with Crippen LogP contribution in [0.1, 0.15) is 37.8 Å². The zero-order valence-corrected chi connectivity index (χ0v) is 12.5. The average molecular weight is 276 g/mol. The molecule has 1 unspecified atom stereocenters. The molecule has 0 radical (unpaired) electrons. The Labute approximate surface area is 118 Å². The minimum atomic E-state index is 0.301. The van der Waals surface area contributed by atoms with Crippen LogP contribution in [0.15, 0.2) is 44.9 Å². The molecule has 0 amide bonds. The van der Waals surface area contributed by atoms with Gasteiger partial charge in [0.15, 0.2) is 0 Å². The molecule has 0 bridgehead atoms. The second kappa shape index (κ2) is 6.78. The van der Waals surface area contributed by atoms with E-state index < -0.39 is 0 Å². The molecule has 0 aliphatic heterocycles. The van der Waals surface area contributed by atoms with Gasteiger partial charge in [-0.2, -0.15) is 0 Å². The Balaban J connectivity index is 2.00. The average Bonchev–Trinajstić information content (AvgIpc) is 2.82. The van der Waals surface area contributed by atoms with E-state index >= 15 is 0 Å². The monoisotopic (exact) mass is 276 g/mol. The summed E-state index contributed by atoms with van der Waals surface area (Å²) in [6.07, 6.45) is 4.78. The van der Waals surface area contributed by atoms with Gasteiger partial charge in [-0.05, 0) is 45.0 Å². The lowest BCUT2D eigenvalue weighted by atomic mass is 10.2. The number of hydrogen-bond acceptors (Lipinski definition) is 4. The molecule has 1 N–H and O–H groups in total. The molecule has 0 aromatic carbocycles. The van der Waals surface area contributed by atoms with Crippen molar-refractivity contribution in [2.24, 2.45) is 0 Å². The first kappa shape index (κ1) is 14.2. The SMILES string of the molecule is CCCNC(C)c1ccc(Sc2ccoc2C)cn1. The van der Waals surface area contributed by atoms with E-state index in [0.29, 0.717) is 6.04 Å². The van der Waals surface area contributed by atoms with Crippen LogP contribution in [0.4, 0.5) is 0 Å². The van der Waals surface area contributed by atoms with E-state index in [9.17, 15) is 0 Å². The third-order valence-electron chi connectivity index (χ3n) is 2.94. The van der Waals surface area contributed by atoms with Gasteiger partial charge < -0.3 is 9.73 Å². The van der Waals surface area contributed by atoms with E-state index in [0.717, 1.165) is 34.2 Å². The third-order valence-corrected chi connectivity index (χ3v) is 4.06. The van der Waals surface area contributed by atoms with E-state index in [2.05, 4.69) is 36.3 Å². The molecule has 0 fully saturated rings. The van der Waals surface area contributed by atoms with Gasteiger partial charge in [-0.3, -0.25) is 4.98 Å². The van der Waals surface area contributed by atoms with Gasteiger partial charge in [0.1, 0.15) is 5.76 Å². The molecule has 0 saturated carbocycles. The van der Waals surface area contributed by atoms with Crippen molar-refractivity contribution in [1.29, 1.82) is 0 Å². The van der Waals surface area contributed by atoms with Gasteiger partial charge in [0, 0.05) is 17.1 Å². The number of nitrogens with zero attached hydrogens (tertiary/aromatic N) is 1. The summed E-state index contributed by atoms with van der Waals surface area (Å²) < 4.78 is 5.29. The van der Waals surface area contributed by atoms with E-state index in [-0.39, 0.29) is 0 Å². The molecule has 4 heteroatoms. The second-order valence-electron chi connectivity index (χ2n) is 4.54. The smallest absolute Gasteiger partial charge is 0.114 e. The highest BCUT2D eigenvalue weighted by molar-refractivity contribution is 7.99. The summed E-state index contributed by atoms with van der Waals surface area (Å²) in [4.78, 5) is 6.81. The third kappa shape index (κ3) is 3.85. The van der Waals surface area contributed by atoms with Crippen LogP contribution in [0.25, 0.3) is 0 Å². The van der Waals surface area contributed by atoms with Crippen molar-refractivity contribution in [3.05, 3.63) is 42.1 Å². The van der Waals surface area contributed by atoms with Gasteiger partial charge in [-0.15, -0.1) is 0 Å². The van der Waals surface area contributed by atoms with E-state index in [1.807, 2.05) is 19.2 Å². The van der Waals surface area contributed by atoms with Crippen LogP contribution in [0, 0.1) is 6.92 Å². The van der Waals surface area contributed by atoms with Crippen molar-refractivity contribution in [1.82, 2.24) is 10.3 Å². The summed E-state index contributed by atoms with van der Waals surface area (Å²) in [5.74, 6) is 0.951. The minimum Gasteiger partial charge on any atom is -0.468 e. The van der Waals surface area contributed by atoms with Gasteiger partial charge in [0.25, 0.3) is 0 Å². The maximum atomic E-state index is 5.29. The Hall–Kier alpha value is -1.26. The van der Waals surface area contributed by atoms with Gasteiger partial charge in [0.05, 0.1) is 16.9 Å². The molecule has 3 nitrogen and oxygen atoms in total. The lowest BCUT2D eigenvalue weighted by Gasteiger charge is -2.12. The van der Waals surface area contributed by atoms with Crippen LogP contribution >= 0.6 is 11.8 Å². The van der Waals surface area contributed by atoms with Crippen LogP contribution in [0.3, 0.4) is 0 Å². The van der Waals surface area contributed by atoms with Crippen molar-refractivity contribution in [2.45, 2.75) is 43.0 Å². The first-order valence-electron chi connectivity index (χ1n) is 6.62. The summed E-state index contributed by atoms with van der Waals surface area (Å²) in [7, 11) is 0. The Morgan fingerprint density at radius 2 is 2.21 bits per heavy atom. The largest absolute Gasteiger partial charge is 0.468 e. The molecule has 2 aromatic heterocycles. The second-order valence-corrected chi connectivity index (χ2v) is 5.65. The van der Waals surface area contributed by atoms with Crippen LogP contribution in [-0.2, 0) is 0 Å². The van der Waals surface area contributed by atoms with Crippen LogP contribution in [0.5, 0.6) is 0 Å². The predicted molar refractivity (Wildman–Crippen MR) is 78.5 cm³/mol. The number of aryl methyl sites for hydroxylation is 1. The van der Waals surface area contributed by atoms with Crippen LogP contribution in [0.2, 0.25) is 0 Å². The van der Waals surface area contributed by atoms with Gasteiger partial charge in [-0.1, -0.05) is 18.7 Å². The lowest BCUT2D eigenvalue weighted by Crippen LogP contribution is -2.20. The number of hydrogen-bond donors (Lipinski definition) is 1. The van der Waals surface area contributed by atoms with Crippen LogP contribution < -0.4 is 5.32 Å². The fraction of sp³-hybridized carbons (Fsp3) is 0.400. The zero-order chi connectivity index (χ0) is 13.7. The van der Waals surface area contributed by atoms with Crippen molar-refractivity contribution < 1.29 is 4.42 Å². The summed E-state index contributed by atoms with van der Waals surface area (Å²) in [6, 6.07) is 6.49. The number of nitrogens with one attached hydrogen (secondary N) is 1. The van der Waals surface area contributed by atoms with Crippen molar-refractivity contribution in [2.75, 3.05) is 6.54 Å². The molecule has 0 saturated heterocycles. The molecule has 102 valence electrons. The van der Waals surface area contributed by atoms with Crippen molar-refractivity contribution >= 4 is 11.8 Å². The summed E-state index contributed by atoms with van der Waals surface area (Å²) in [6.45, 7) is 7.31. The summed E-state index contributed by atoms with van der Waals surface area (Å²) in [5, 5.41) is 3.44. The highest BCUT2D eigenvalue weighted by atomic mass is 32.2. The van der Waals surface area contributed by atoms with E-state index in [1.54, 1.807) is 18.0 Å². The summed E-state index contributed by atoms with van der Waals surface area (Å²) >= 11 is 1.68. The Kier molecular flexibility index (Phi) is 5.05. The van der Waals surface area contributed by atoms with Gasteiger partial charge >= 0.3 is 0 Å². The lowest BCUT2D eigenvalue weighted by molar-refractivity contribution is 0.527. The Bertz CT molecular complexity index is 507. The standard InChI is InChI=1S/C15H20N2OS/c1-4-8-16-11(2)14-6-5-13(10-17-14)19-15-7-9-18-12(15)3/h5-7,9-11,16H,4,8H2,1-3H3. The molecule has 19 heavy (non-hydrogen) atoms.